The Morgan fingerprint density at radius 1 is 1.55 bits per heavy atom. The van der Waals surface area contributed by atoms with Crippen LogP contribution in [0.2, 0.25) is 0 Å². The van der Waals surface area contributed by atoms with Crippen molar-refractivity contribution in [2.75, 3.05) is 0 Å². The molecule has 1 nitrogen and oxygen atoms in total. The first-order chi connectivity index (χ1) is 5.11. The summed E-state index contributed by atoms with van der Waals surface area (Å²) >= 11 is 0. The highest BCUT2D eigenvalue weighted by Crippen LogP contribution is 2.12. The molecule has 0 N–H and O–H groups in total. The van der Waals surface area contributed by atoms with Gasteiger partial charge in [0.05, 0.1) is 0 Å². The first kappa shape index (κ1) is 10.4. The third kappa shape index (κ3) is 3.97. The zero-order valence-electron chi connectivity index (χ0n) is 7.98. The van der Waals surface area contributed by atoms with Crippen molar-refractivity contribution in [2.24, 2.45) is 5.92 Å². The second kappa shape index (κ2) is 5.11. The predicted molar refractivity (Wildman–Crippen MR) is 48.5 cm³/mol. The lowest BCUT2D eigenvalue weighted by Crippen LogP contribution is -2.09. The average Bonchev–Trinajstić information content (AvgIpc) is 2.02. The maximum Gasteiger partial charge on any atom is 0.135 e. The zero-order valence-corrected chi connectivity index (χ0v) is 7.98. The maximum absolute atomic E-state index is 11.1. The summed E-state index contributed by atoms with van der Waals surface area (Å²) in [5.41, 5.74) is 1.30. The van der Waals surface area contributed by atoms with Crippen LogP contribution in [0.15, 0.2) is 11.6 Å². The molecule has 0 bridgehead atoms. The van der Waals surface area contributed by atoms with Crippen LogP contribution in [0.4, 0.5) is 0 Å². The molecule has 0 spiro atoms. The van der Waals surface area contributed by atoms with Gasteiger partial charge in [0.1, 0.15) is 5.78 Å². The number of allylic oxidation sites excluding steroid dienone is 2. The highest BCUT2D eigenvalue weighted by Gasteiger charge is 2.09. The van der Waals surface area contributed by atoms with Crippen molar-refractivity contribution in [3.63, 3.8) is 0 Å². The van der Waals surface area contributed by atoms with Crippen LogP contribution in [0.5, 0.6) is 0 Å². The number of carbonyl (C=O) groups excluding carboxylic acids is 1. The minimum atomic E-state index is 0.205. The van der Waals surface area contributed by atoms with Gasteiger partial charge in [-0.3, -0.25) is 4.79 Å². The van der Waals surface area contributed by atoms with Gasteiger partial charge in [0.25, 0.3) is 0 Å². The fourth-order valence-electron chi connectivity index (χ4n) is 1.06. The normalized spacial score (nSPS) is 14.7. The number of hydrogen-bond donors (Lipinski definition) is 0. The van der Waals surface area contributed by atoms with Crippen LogP contribution < -0.4 is 0 Å². The van der Waals surface area contributed by atoms with Crippen molar-refractivity contribution in [2.45, 2.75) is 40.5 Å². The van der Waals surface area contributed by atoms with E-state index in [0.29, 0.717) is 12.2 Å². The van der Waals surface area contributed by atoms with Crippen LogP contribution in [0.25, 0.3) is 0 Å². The molecule has 64 valence electrons. The van der Waals surface area contributed by atoms with E-state index < -0.39 is 0 Å². The smallest absolute Gasteiger partial charge is 0.135 e. The lowest BCUT2D eigenvalue weighted by Gasteiger charge is -2.08. The number of hydrogen-bond acceptors (Lipinski definition) is 1. The minimum absolute atomic E-state index is 0.205. The van der Waals surface area contributed by atoms with E-state index in [1.807, 2.05) is 20.8 Å². The van der Waals surface area contributed by atoms with E-state index in [1.165, 1.54) is 5.57 Å². The van der Waals surface area contributed by atoms with E-state index in [-0.39, 0.29) is 5.92 Å². The summed E-state index contributed by atoms with van der Waals surface area (Å²) in [6.07, 6.45) is 3.65. The molecule has 0 heterocycles. The molecule has 0 radical (unpaired) electrons. The van der Waals surface area contributed by atoms with Gasteiger partial charge >= 0.3 is 0 Å². The fraction of sp³-hybridized carbons (Fsp3) is 0.700. The molecule has 0 aliphatic rings. The number of carbonyl (C=O) groups is 1. The van der Waals surface area contributed by atoms with Crippen LogP contribution in [0.3, 0.4) is 0 Å². The second-order valence-corrected chi connectivity index (χ2v) is 3.06. The molecule has 11 heavy (non-hydrogen) atoms. The van der Waals surface area contributed by atoms with Crippen LogP contribution in [0.1, 0.15) is 40.5 Å². The predicted octanol–water partition coefficient (Wildman–Crippen LogP) is 2.96. The van der Waals surface area contributed by atoms with Crippen molar-refractivity contribution in [3.05, 3.63) is 11.6 Å². The molecule has 0 aromatic rings. The molecular formula is C10H18O. The van der Waals surface area contributed by atoms with E-state index >= 15 is 0 Å². The summed E-state index contributed by atoms with van der Waals surface area (Å²) in [5.74, 6) is 0.572. The highest BCUT2D eigenvalue weighted by atomic mass is 16.1. The Kier molecular flexibility index (Phi) is 4.84. The Labute approximate surface area is 69.5 Å². The summed E-state index contributed by atoms with van der Waals surface area (Å²) < 4.78 is 0. The topological polar surface area (TPSA) is 17.1 Å². The molecule has 0 rings (SSSR count). The summed E-state index contributed by atoms with van der Waals surface area (Å²) in [6.45, 7) is 8.00. The van der Waals surface area contributed by atoms with E-state index in [2.05, 4.69) is 13.0 Å². The maximum atomic E-state index is 11.1. The van der Waals surface area contributed by atoms with Crippen molar-refractivity contribution in [1.82, 2.24) is 0 Å². The minimum Gasteiger partial charge on any atom is -0.299 e. The fourth-order valence-corrected chi connectivity index (χ4v) is 1.06. The molecule has 0 aromatic carbocycles. The zero-order chi connectivity index (χ0) is 8.85. The molecule has 0 aromatic heterocycles. The Hall–Kier alpha value is -0.590. The SMILES string of the molecule is C/C=C(\C)C[C@@H](C)C(=O)CC. The summed E-state index contributed by atoms with van der Waals surface area (Å²) in [4.78, 5) is 11.1. The molecule has 1 atom stereocenters. The van der Waals surface area contributed by atoms with Gasteiger partial charge in [-0.1, -0.05) is 25.5 Å². The van der Waals surface area contributed by atoms with Crippen LogP contribution in [-0.2, 0) is 4.79 Å². The Morgan fingerprint density at radius 2 is 2.09 bits per heavy atom. The largest absolute Gasteiger partial charge is 0.299 e. The van der Waals surface area contributed by atoms with Crippen molar-refractivity contribution < 1.29 is 4.79 Å². The number of rotatable bonds is 4. The Bertz CT molecular complexity index is 156. The second-order valence-electron chi connectivity index (χ2n) is 3.06. The van der Waals surface area contributed by atoms with Crippen molar-refractivity contribution in [3.8, 4) is 0 Å². The molecule has 0 aliphatic heterocycles. The van der Waals surface area contributed by atoms with Crippen LogP contribution in [0, 0.1) is 5.92 Å². The lowest BCUT2D eigenvalue weighted by atomic mass is 9.96. The first-order valence-corrected chi connectivity index (χ1v) is 4.26. The third-order valence-corrected chi connectivity index (χ3v) is 2.02. The molecular weight excluding hydrogens is 136 g/mol. The molecule has 0 aliphatic carbocycles. The molecule has 0 fully saturated rings. The van der Waals surface area contributed by atoms with Gasteiger partial charge in [-0.2, -0.15) is 0 Å². The van der Waals surface area contributed by atoms with Gasteiger partial charge in [-0.05, 0) is 20.3 Å². The van der Waals surface area contributed by atoms with Crippen molar-refractivity contribution >= 4 is 5.78 Å². The average molecular weight is 154 g/mol. The lowest BCUT2D eigenvalue weighted by molar-refractivity contribution is -0.122. The van der Waals surface area contributed by atoms with Gasteiger partial charge in [-0.15, -0.1) is 0 Å². The highest BCUT2D eigenvalue weighted by molar-refractivity contribution is 5.80. The molecule has 0 saturated heterocycles. The quantitative estimate of drug-likeness (QED) is 0.569. The standard InChI is InChI=1S/C10H18O/c1-5-8(3)7-9(4)10(11)6-2/h5,9H,6-7H2,1-4H3/b8-5+/t9-/m1/s1. The van der Waals surface area contributed by atoms with E-state index in [4.69, 9.17) is 0 Å². The first-order valence-electron chi connectivity index (χ1n) is 4.26. The van der Waals surface area contributed by atoms with E-state index in [1.54, 1.807) is 0 Å². The van der Waals surface area contributed by atoms with Crippen LogP contribution in [-0.4, -0.2) is 5.78 Å². The van der Waals surface area contributed by atoms with Gasteiger partial charge in [0.15, 0.2) is 0 Å². The molecule has 1 heteroatoms. The van der Waals surface area contributed by atoms with Gasteiger partial charge in [0.2, 0.25) is 0 Å². The summed E-state index contributed by atoms with van der Waals surface area (Å²) in [5, 5.41) is 0. The summed E-state index contributed by atoms with van der Waals surface area (Å²) in [6, 6.07) is 0. The number of ketones is 1. The summed E-state index contributed by atoms with van der Waals surface area (Å²) in [7, 11) is 0. The van der Waals surface area contributed by atoms with E-state index in [0.717, 1.165) is 6.42 Å². The monoisotopic (exact) mass is 154 g/mol. The van der Waals surface area contributed by atoms with Gasteiger partial charge in [0, 0.05) is 12.3 Å². The Balaban J connectivity index is 3.87. The third-order valence-electron chi connectivity index (χ3n) is 2.02. The van der Waals surface area contributed by atoms with Gasteiger partial charge < -0.3 is 0 Å². The molecule has 0 saturated carbocycles. The van der Waals surface area contributed by atoms with Crippen molar-refractivity contribution in [1.29, 1.82) is 0 Å². The molecule has 0 unspecified atom stereocenters. The number of Topliss-reactive ketones (excluding diaryl/α,β-unsaturated/α-hetero) is 1. The van der Waals surface area contributed by atoms with E-state index in [9.17, 15) is 4.79 Å². The van der Waals surface area contributed by atoms with Crippen LogP contribution >= 0.6 is 0 Å². The Morgan fingerprint density at radius 3 is 2.45 bits per heavy atom. The molecule has 0 amide bonds. The van der Waals surface area contributed by atoms with Gasteiger partial charge in [-0.25, -0.2) is 0 Å².